The maximum absolute atomic E-state index is 13.2. The summed E-state index contributed by atoms with van der Waals surface area (Å²) in [5.74, 6) is 0.726. The van der Waals surface area contributed by atoms with Crippen LogP contribution in [0.15, 0.2) is 42.0 Å². The molecule has 2 fully saturated rings. The van der Waals surface area contributed by atoms with E-state index in [0.717, 1.165) is 36.4 Å². The standard InChI is InChI=1S/C23H30N4O2S/c28-21(16-20-6-3-15-30-20)26-11-13-27(14-12-26)22(19-4-1-2-5-19)23(29)25-17-18-7-9-24-10-8-18/h3,6-10,15,19,22H,1-2,4-5,11-14,16-17H2,(H,25,29). The van der Waals surface area contributed by atoms with Crippen molar-refractivity contribution in [1.82, 2.24) is 20.1 Å². The first kappa shape index (κ1) is 21.0. The van der Waals surface area contributed by atoms with E-state index in [2.05, 4.69) is 15.2 Å². The second kappa shape index (κ2) is 10.2. The molecule has 160 valence electrons. The molecule has 4 rings (SSSR count). The van der Waals surface area contributed by atoms with Gasteiger partial charge in [-0.25, -0.2) is 0 Å². The average molecular weight is 427 g/mol. The molecular formula is C23H30N4O2S. The first-order valence-electron chi connectivity index (χ1n) is 10.9. The Balaban J connectivity index is 1.34. The number of pyridine rings is 1. The number of hydrogen-bond acceptors (Lipinski definition) is 5. The Morgan fingerprint density at radius 1 is 1.10 bits per heavy atom. The Morgan fingerprint density at radius 2 is 1.83 bits per heavy atom. The van der Waals surface area contributed by atoms with Crippen LogP contribution in [0.2, 0.25) is 0 Å². The van der Waals surface area contributed by atoms with Crippen LogP contribution in [0.25, 0.3) is 0 Å². The average Bonchev–Trinajstić information content (AvgIpc) is 3.48. The van der Waals surface area contributed by atoms with Crippen molar-refractivity contribution in [1.29, 1.82) is 0 Å². The Morgan fingerprint density at radius 3 is 2.50 bits per heavy atom. The topological polar surface area (TPSA) is 65.5 Å². The number of hydrogen-bond donors (Lipinski definition) is 1. The number of rotatable bonds is 7. The molecule has 2 aromatic rings. The molecule has 7 heteroatoms. The van der Waals surface area contributed by atoms with E-state index in [1.807, 2.05) is 34.5 Å². The van der Waals surface area contributed by atoms with E-state index in [1.54, 1.807) is 23.7 Å². The van der Waals surface area contributed by atoms with E-state index in [1.165, 1.54) is 12.8 Å². The van der Waals surface area contributed by atoms with Crippen LogP contribution >= 0.6 is 11.3 Å². The van der Waals surface area contributed by atoms with Crippen LogP contribution in [0.3, 0.4) is 0 Å². The number of nitrogens with one attached hydrogen (secondary N) is 1. The Kier molecular flexibility index (Phi) is 7.12. The van der Waals surface area contributed by atoms with Crippen molar-refractivity contribution in [2.45, 2.75) is 44.7 Å². The lowest BCUT2D eigenvalue weighted by molar-refractivity contribution is -0.134. The van der Waals surface area contributed by atoms with E-state index in [0.29, 0.717) is 32.0 Å². The highest BCUT2D eigenvalue weighted by molar-refractivity contribution is 7.10. The molecular weight excluding hydrogens is 396 g/mol. The highest BCUT2D eigenvalue weighted by Crippen LogP contribution is 2.31. The number of nitrogens with zero attached hydrogens (tertiary/aromatic N) is 3. The molecule has 1 aliphatic heterocycles. The van der Waals surface area contributed by atoms with E-state index in [4.69, 9.17) is 0 Å². The maximum Gasteiger partial charge on any atom is 0.237 e. The van der Waals surface area contributed by atoms with Gasteiger partial charge in [-0.15, -0.1) is 11.3 Å². The van der Waals surface area contributed by atoms with Crippen LogP contribution in [-0.2, 0) is 22.6 Å². The van der Waals surface area contributed by atoms with Gasteiger partial charge in [0.25, 0.3) is 0 Å². The number of carbonyl (C=O) groups is 2. The third-order valence-electron chi connectivity index (χ3n) is 6.30. The molecule has 30 heavy (non-hydrogen) atoms. The molecule has 1 saturated carbocycles. The summed E-state index contributed by atoms with van der Waals surface area (Å²) >= 11 is 1.63. The van der Waals surface area contributed by atoms with Crippen LogP contribution in [0.5, 0.6) is 0 Å². The van der Waals surface area contributed by atoms with Gasteiger partial charge in [-0.05, 0) is 47.9 Å². The molecule has 3 heterocycles. The molecule has 1 atom stereocenters. The van der Waals surface area contributed by atoms with Crippen molar-refractivity contribution < 1.29 is 9.59 Å². The highest BCUT2D eigenvalue weighted by atomic mass is 32.1. The predicted molar refractivity (Wildman–Crippen MR) is 118 cm³/mol. The molecule has 0 bridgehead atoms. The second-order valence-electron chi connectivity index (χ2n) is 8.24. The minimum absolute atomic E-state index is 0.0936. The van der Waals surface area contributed by atoms with Crippen molar-refractivity contribution in [3.8, 4) is 0 Å². The monoisotopic (exact) mass is 426 g/mol. The summed E-state index contributed by atoms with van der Waals surface area (Å²) in [6, 6.07) is 7.78. The zero-order valence-corrected chi connectivity index (χ0v) is 18.2. The van der Waals surface area contributed by atoms with Crippen molar-refractivity contribution in [2.75, 3.05) is 26.2 Å². The number of aromatic nitrogens is 1. The first-order chi connectivity index (χ1) is 14.7. The van der Waals surface area contributed by atoms with Crippen LogP contribution in [0, 0.1) is 5.92 Å². The largest absolute Gasteiger partial charge is 0.351 e. The molecule has 1 unspecified atom stereocenters. The zero-order chi connectivity index (χ0) is 20.8. The smallest absolute Gasteiger partial charge is 0.237 e. The molecule has 2 aliphatic rings. The Hall–Kier alpha value is -2.25. The summed E-state index contributed by atoms with van der Waals surface area (Å²) in [6.07, 6.45) is 8.63. The van der Waals surface area contributed by atoms with Gasteiger partial charge in [0, 0.05) is 50.0 Å². The SMILES string of the molecule is O=C(NCc1ccncc1)C(C1CCCC1)N1CCN(C(=O)Cc2cccs2)CC1. The summed E-state index contributed by atoms with van der Waals surface area (Å²) in [5.41, 5.74) is 1.06. The van der Waals surface area contributed by atoms with Crippen LogP contribution in [0.1, 0.15) is 36.1 Å². The fraction of sp³-hybridized carbons (Fsp3) is 0.522. The third-order valence-corrected chi connectivity index (χ3v) is 7.17. The lowest BCUT2D eigenvalue weighted by atomic mass is 9.95. The predicted octanol–water partition coefficient (Wildman–Crippen LogP) is 2.71. The molecule has 0 aromatic carbocycles. The van der Waals surface area contributed by atoms with Gasteiger partial charge in [-0.1, -0.05) is 18.9 Å². The minimum Gasteiger partial charge on any atom is -0.351 e. The highest BCUT2D eigenvalue weighted by Gasteiger charge is 2.37. The van der Waals surface area contributed by atoms with Gasteiger partial charge >= 0.3 is 0 Å². The number of carbonyl (C=O) groups excluding carboxylic acids is 2. The summed E-state index contributed by atoms with van der Waals surface area (Å²) in [7, 11) is 0. The molecule has 0 spiro atoms. The van der Waals surface area contributed by atoms with Gasteiger partial charge in [0.15, 0.2) is 0 Å². The fourth-order valence-corrected chi connectivity index (χ4v) is 5.36. The van der Waals surface area contributed by atoms with Gasteiger partial charge in [0.1, 0.15) is 0 Å². The molecule has 6 nitrogen and oxygen atoms in total. The third kappa shape index (κ3) is 5.26. The summed E-state index contributed by atoms with van der Waals surface area (Å²) < 4.78 is 0. The summed E-state index contributed by atoms with van der Waals surface area (Å²) in [4.78, 5) is 35.2. The van der Waals surface area contributed by atoms with Crippen LogP contribution in [-0.4, -0.2) is 58.8 Å². The molecule has 0 radical (unpaired) electrons. The normalized spacial score (nSPS) is 19.0. The van der Waals surface area contributed by atoms with Crippen molar-refractivity contribution in [3.05, 3.63) is 52.5 Å². The lowest BCUT2D eigenvalue weighted by Gasteiger charge is -2.40. The number of amides is 2. The molecule has 1 N–H and O–H groups in total. The number of thiophene rings is 1. The zero-order valence-electron chi connectivity index (χ0n) is 17.3. The molecule has 2 amide bonds. The fourth-order valence-electron chi connectivity index (χ4n) is 4.67. The first-order valence-corrected chi connectivity index (χ1v) is 11.8. The van der Waals surface area contributed by atoms with E-state index in [9.17, 15) is 9.59 Å². The van der Waals surface area contributed by atoms with Gasteiger partial charge in [-0.3, -0.25) is 19.5 Å². The molecule has 1 aliphatic carbocycles. The molecule has 1 saturated heterocycles. The van der Waals surface area contributed by atoms with E-state index >= 15 is 0 Å². The van der Waals surface area contributed by atoms with Gasteiger partial charge < -0.3 is 10.2 Å². The Bertz CT molecular complexity index is 813. The van der Waals surface area contributed by atoms with Gasteiger partial charge in [0.05, 0.1) is 12.5 Å². The minimum atomic E-state index is -0.0936. The summed E-state index contributed by atoms with van der Waals surface area (Å²) in [6.45, 7) is 3.46. The maximum atomic E-state index is 13.2. The van der Waals surface area contributed by atoms with Gasteiger partial charge in [0.2, 0.25) is 11.8 Å². The van der Waals surface area contributed by atoms with E-state index in [-0.39, 0.29) is 17.9 Å². The van der Waals surface area contributed by atoms with Crippen molar-refractivity contribution >= 4 is 23.2 Å². The van der Waals surface area contributed by atoms with Crippen LogP contribution in [0.4, 0.5) is 0 Å². The van der Waals surface area contributed by atoms with Crippen molar-refractivity contribution in [2.24, 2.45) is 5.92 Å². The number of piperazine rings is 1. The summed E-state index contributed by atoms with van der Waals surface area (Å²) in [5, 5.41) is 5.16. The van der Waals surface area contributed by atoms with Crippen molar-refractivity contribution in [3.63, 3.8) is 0 Å². The van der Waals surface area contributed by atoms with Gasteiger partial charge in [-0.2, -0.15) is 0 Å². The van der Waals surface area contributed by atoms with Crippen LogP contribution < -0.4 is 5.32 Å². The van der Waals surface area contributed by atoms with E-state index < -0.39 is 0 Å². The quantitative estimate of drug-likeness (QED) is 0.739. The Labute approximate surface area is 182 Å². The molecule has 2 aromatic heterocycles. The lowest BCUT2D eigenvalue weighted by Crippen LogP contribution is -2.58. The second-order valence-corrected chi connectivity index (χ2v) is 9.27.